The van der Waals surface area contributed by atoms with Gasteiger partial charge in [0.15, 0.2) is 5.82 Å². The zero-order chi connectivity index (χ0) is 17.6. The number of ether oxygens (including phenoxy) is 1. The minimum absolute atomic E-state index is 0.102. The van der Waals surface area contributed by atoms with E-state index >= 15 is 0 Å². The summed E-state index contributed by atoms with van der Waals surface area (Å²) in [7, 11) is 0. The largest absolute Gasteiger partial charge is 0.368 e. The predicted molar refractivity (Wildman–Crippen MR) is 89.9 cm³/mol. The molecule has 0 aliphatic carbocycles. The van der Waals surface area contributed by atoms with Crippen molar-refractivity contribution in [2.24, 2.45) is 0 Å². The van der Waals surface area contributed by atoms with Crippen LogP contribution in [0, 0.1) is 5.82 Å². The molecule has 1 aromatic carbocycles. The fraction of sp³-hybridized carbons (Fsp3) is 0.389. The molecule has 1 fully saturated rings. The quantitative estimate of drug-likeness (QED) is 0.896. The SMILES string of the molecule is CC(=O)NCc1ccnc([C@@H]2CN(Cc3cccc(F)c3)CCO2)n1. The maximum atomic E-state index is 13.3. The number of carbonyl (C=O) groups is 1. The normalized spacial score (nSPS) is 18.1. The van der Waals surface area contributed by atoms with Crippen LogP contribution in [0.15, 0.2) is 36.5 Å². The lowest BCUT2D eigenvalue weighted by Crippen LogP contribution is -2.38. The van der Waals surface area contributed by atoms with E-state index in [4.69, 9.17) is 4.74 Å². The number of benzene rings is 1. The number of hydrogen-bond acceptors (Lipinski definition) is 5. The third-order valence-corrected chi connectivity index (χ3v) is 3.98. The number of hydrogen-bond donors (Lipinski definition) is 1. The number of morpholine rings is 1. The van der Waals surface area contributed by atoms with Crippen molar-refractivity contribution in [1.29, 1.82) is 0 Å². The van der Waals surface area contributed by atoms with Crippen LogP contribution in [0.4, 0.5) is 4.39 Å². The van der Waals surface area contributed by atoms with Crippen molar-refractivity contribution in [2.75, 3.05) is 19.7 Å². The van der Waals surface area contributed by atoms with Gasteiger partial charge in [0.2, 0.25) is 5.91 Å². The number of aromatic nitrogens is 2. The Hall–Kier alpha value is -2.38. The van der Waals surface area contributed by atoms with Gasteiger partial charge < -0.3 is 10.1 Å². The summed E-state index contributed by atoms with van der Waals surface area (Å²) in [5.41, 5.74) is 1.67. The summed E-state index contributed by atoms with van der Waals surface area (Å²) in [6.07, 6.45) is 1.44. The van der Waals surface area contributed by atoms with Crippen molar-refractivity contribution < 1.29 is 13.9 Å². The Bertz CT molecular complexity index is 741. The van der Waals surface area contributed by atoms with Gasteiger partial charge in [0.25, 0.3) is 0 Å². The second-order valence-electron chi connectivity index (χ2n) is 6.04. The topological polar surface area (TPSA) is 67.4 Å². The number of nitrogens with zero attached hydrogens (tertiary/aromatic N) is 3. The molecule has 0 spiro atoms. The van der Waals surface area contributed by atoms with Gasteiger partial charge in [0, 0.05) is 32.8 Å². The molecule has 25 heavy (non-hydrogen) atoms. The van der Waals surface area contributed by atoms with Gasteiger partial charge in [-0.3, -0.25) is 9.69 Å². The lowest BCUT2D eigenvalue weighted by molar-refractivity contribution is -0.119. The number of amides is 1. The molecule has 1 aliphatic heterocycles. The van der Waals surface area contributed by atoms with E-state index in [9.17, 15) is 9.18 Å². The van der Waals surface area contributed by atoms with E-state index in [2.05, 4.69) is 20.2 Å². The molecular formula is C18H21FN4O2. The molecule has 1 atom stereocenters. The van der Waals surface area contributed by atoms with Gasteiger partial charge in [-0.25, -0.2) is 14.4 Å². The molecule has 1 amide bonds. The standard InChI is InChI=1S/C18H21FN4O2/c1-13(24)21-10-16-5-6-20-18(22-16)17-12-23(7-8-25-17)11-14-3-2-4-15(19)9-14/h2-6,9,17H,7-8,10-12H2,1H3,(H,21,24)/t17-/m0/s1. The molecule has 0 radical (unpaired) electrons. The Morgan fingerprint density at radius 3 is 3.12 bits per heavy atom. The molecule has 132 valence electrons. The molecule has 0 bridgehead atoms. The van der Waals surface area contributed by atoms with Gasteiger partial charge in [0.1, 0.15) is 11.9 Å². The van der Waals surface area contributed by atoms with Crippen molar-refractivity contribution >= 4 is 5.91 Å². The van der Waals surface area contributed by atoms with E-state index < -0.39 is 0 Å². The molecule has 1 N–H and O–H groups in total. The maximum Gasteiger partial charge on any atom is 0.217 e. The molecule has 1 aromatic heterocycles. The minimum Gasteiger partial charge on any atom is -0.368 e. The van der Waals surface area contributed by atoms with Crippen LogP contribution >= 0.6 is 0 Å². The smallest absolute Gasteiger partial charge is 0.217 e. The van der Waals surface area contributed by atoms with Crippen LogP contribution < -0.4 is 5.32 Å². The second-order valence-corrected chi connectivity index (χ2v) is 6.04. The number of halogens is 1. The molecule has 0 unspecified atom stereocenters. The van der Waals surface area contributed by atoms with Crippen molar-refractivity contribution in [3.63, 3.8) is 0 Å². The van der Waals surface area contributed by atoms with E-state index in [1.54, 1.807) is 24.4 Å². The van der Waals surface area contributed by atoms with Crippen LogP contribution in [0.5, 0.6) is 0 Å². The highest BCUT2D eigenvalue weighted by atomic mass is 19.1. The van der Waals surface area contributed by atoms with E-state index in [1.165, 1.54) is 13.0 Å². The zero-order valence-electron chi connectivity index (χ0n) is 14.1. The summed E-state index contributed by atoms with van der Waals surface area (Å²) in [6, 6.07) is 8.40. The zero-order valence-corrected chi connectivity index (χ0v) is 14.1. The number of rotatable bonds is 5. The third-order valence-electron chi connectivity index (χ3n) is 3.98. The van der Waals surface area contributed by atoms with E-state index in [-0.39, 0.29) is 17.8 Å². The first kappa shape index (κ1) is 17.4. The summed E-state index contributed by atoms with van der Waals surface area (Å²) in [4.78, 5) is 22.0. The molecule has 0 saturated carbocycles. The van der Waals surface area contributed by atoms with E-state index in [0.29, 0.717) is 32.1 Å². The second kappa shape index (κ2) is 8.13. The highest BCUT2D eigenvalue weighted by Crippen LogP contribution is 2.21. The van der Waals surface area contributed by atoms with Crippen molar-refractivity contribution in [3.05, 3.63) is 59.4 Å². The summed E-state index contributed by atoms with van der Waals surface area (Å²) >= 11 is 0. The lowest BCUT2D eigenvalue weighted by Gasteiger charge is -2.32. The van der Waals surface area contributed by atoms with Gasteiger partial charge in [-0.15, -0.1) is 0 Å². The Morgan fingerprint density at radius 2 is 2.32 bits per heavy atom. The van der Waals surface area contributed by atoms with Gasteiger partial charge in [-0.1, -0.05) is 12.1 Å². The Kier molecular flexibility index (Phi) is 5.67. The lowest BCUT2D eigenvalue weighted by atomic mass is 10.1. The summed E-state index contributed by atoms with van der Waals surface area (Å²) in [5, 5.41) is 2.72. The molecule has 1 aliphatic rings. The van der Waals surface area contributed by atoms with Gasteiger partial charge in [0.05, 0.1) is 18.8 Å². The molecule has 6 nitrogen and oxygen atoms in total. The first-order valence-electron chi connectivity index (χ1n) is 8.25. The van der Waals surface area contributed by atoms with Crippen LogP contribution in [0.1, 0.15) is 30.1 Å². The van der Waals surface area contributed by atoms with Crippen LogP contribution in [-0.4, -0.2) is 40.5 Å². The summed E-state index contributed by atoms with van der Waals surface area (Å²) < 4.78 is 19.2. The van der Waals surface area contributed by atoms with Gasteiger partial charge >= 0.3 is 0 Å². The molecule has 2 heterocycles. The van der Waals surface area contributed by atoms with Crippen molar-refractivity contribution in [1.82, 2.24) is 20.2 Å². The highest BCUT2D eigenvalue weighted by Gasteiger charge is 2.24. The predicted octanol–water partition coefficient (Wildman–Crippen LogP) is 1.83. The number of carbonyl (C=O) groups excluding carboxylic acids is 1. The third kappa shape index (κ3) is 5.04. The molecule has 2 aromatic rings. The Balaban J connectivity index is 1.64. The molecule has 1 saturated heterocycles. The first-order valence-corrected chi connectivity index (χ1v) is 8.25. The van der Waals surface area contributed by atoms with Crippen LogP contribution in [-0.2, 0) is 22.6 Å². The van der Waals surface area contributed by atoms with Crippen LogP contribution in [0.2, 0.25) is 0 Å². The average Bonchev–Trinajstić information content (AvgIpc) is 2.60. The van der Waals surface area contributed by atoms with E-state index in [0.717, 1.165) is 17.8 Å². The van der Waals surface area contributed by atoms with E-state index in [1.807, 2.05) is 6.07 Å². The monoisotopic (exact) mass is 344 g/mol. The fourth-order valence-corrected chi connectivity index (χ4v) is 2.78. The fourth-order valence-electron chi connectivity index (χ4n) is 2.78. The van der Waals surface area contributed by atoms with Crippen molar-refractivity contribution in [3.8, 4) is 0 Å². The minimum atomic E-state index is -0.236. The van der Waals surface area contributed by atoms with Gasteiger partial charge in [-0.2, -0.15) is 0 Å². The summed E-state index contributed by atoms with van der Waals surface area (Å²) in [6.45, 7) is 4.47. The van der Waals surface area contributed by atoms with Crippen LogP contribution in [0.3, 0.4) is 0 Å². The van der Waals surface area contributed by atoms with Gasteiger partial charge in [-0.05, 0) is 23.8 Å². The molecule has 7 heteroatoms. The Morgan fingerprint density at radius 1 is 1.44 bits per heavy atom. The molecule has 3 rings (SSSR count). The summed E-state index contributed by atoms with van der Waals surface area (Å²) in [5.74, 6) is 0.276. The van der Waals surface area contributed by atoms with Crippen LogP contribution in [0.25, 0.3) is 0 Å². The average molecular weight is 344 g/mol. The number of nitrogens with one attached hydrogen (secondary N) is 1. The maximum absolute atomic E-state index is 13.3. The van der Waals surface area contributed by atoms with Crippen molar-refractivity contribution in [2.45, 2.75) is 26.1 Å². The first-order chi connectivity index (χ1) is 12.1. The Labute approximate surface area is 146 Å². The molecular weight excluding hydrogens is 323 g/mol. The highest BCUT2D eigenvalue weighted by molar-refractivity contribution is 5.72.